The molecule has 0 saturated heterocycles. The van der Waals surface area contributed by atoms with E-state index in [9.17, 15) is 4.79 Å². The van der Waals surface area contributed by atoms with Crippen molar-refractivity contribution in [2.24, 2.45) is 0 Å². The summed E-state index contributed by atoms with van der Waals surface area (Å²) in [5.74, 6) is 0.329. The topological polar surface area (TPSA) is 76.1 Å². The predicted molar refractivity (Wildman–Crippen MR) is 95.4 cm³/mol. The highest BCUT2D eigenvalue weighted by molar-refractivity contribution is 6.28. The molecule has 24 heavy (non-hydrogen) atoms. The number of hydrogen-bond donors (Lipinski definition) is 2. The number of aryl methyl sites for hydroxylation is 2. The molecule has 0 aliphatic heterocycles. The van der Waals surface area contributed by atoms with Gasteiger partial charge in [0.25, 0.3) is 0 Å². The van der Waals surface area contributed by atoms with Crippen molar-refractivity contribution in [1.82, 2.24) is 9.97 Å². The molecule has 0 aliphatic rings. The fourth-order valence-electron chi connectivity index (χ4n) is 2.33. The molecular formula is C17H21ClN4O2. The van der Waals surface area contributed by atoms with E-state index in [1.807, 2.05) is 6.07 Å². The van der Waals surface area contributed by atoms with E-state index >= 15 is 0 Å². The third kappa shape index (κ3) is 4.83. The molecular weight excluding hydrogens is 328 g/mol. The maximum atomic E-state index is 11.2. The van der Waals surface area contributed by atoms with Gasteiger partial charge in [0.1, 0.15) is 5.82 Å². The molecule has 0 fully saturated rings. The van der Waals surface area contributed by atoms with E-state index in [0.717, 1.165) is 11.3 Å². The molecule has 0 aliphatic carbocycles. The number of anilines is 2. The van der Waals surface area contributed by atoms with Crippen LogP contribution in [0, 0.1) is 13.8 Å². The normalized spacial score (nSPS) is 10.3. The van der Waals surface area contributed by atoms with Gasteiger partial charge in [-0.05, 0) is 36.6 Å². The molecule has 0 atom stereocenters. The molecule has 0 amide bonds. The van der Waals surface area contributed by atoms with Crippen molar-refractivity contribution in [1.29, 1.82) is 0 Å². The molecule has 7 heteroatoms. The number of benzene rings is 1. The second kappa shape index (κ2) is 8.49. The zero-order valence-corrected chi connectivity index (χ0v) is 14.8. The lowest BCUT2D eigenvalue weighted by Gasteiger charge is -2.15. The molecule has 6 nitrogen and oxygen atoms in total. The van der Waals surface area contributed by atoms with Gasteiger partial charge in [-0.3, -0.25) is 4.79 Å². The van der Waals surface area contributed by atoms with E-state index < -0.39 is 0 Å². The monoisotopic (exact) mass is 348 g/mol. The highest BCUT2D eigenvalue weighted by Crippen LogP contribution is 2.22. The third-order valence-corrected chi connectivity index (χ3v) is 3.80. The lowest BCUT2D eigenvalue weighted by molar-refractivity contribution is -0.140. The zero-order valence-electron chi connectivity index (χ0n) is 14.0. The Labute approximate surface area is 146 Å². The van der Waals surface area contributed by atoms with Crippen LogP contribution < -0.4 is 10.6 Å². The molecule has 0 radical (unpaired) electrons. The second-order valence-corrected chi connectivity index (χ2v) is 5.72. The van der Waals surface area contributed by atoms with Crippen LogP contribution in [0.1, 0.15) is 23.1 Å². The number of ether oxygens (including phenoxy) is 1. The number of nitrogens with one attached hydrogen (secondary N) is 2. The third-order valence-electron chi connectivity index (χ3n) is 3.62. The minimum absolute atomic E-state index is 0.159. The Bertz CT molecular complexity index is 701. The Hall–Kier alpha value is -2.34. The summed E-state index contributed by atoms with van der Waals surface area (Å²) in [5.41, 5.74) is 4.30. The van der Waals surface area contributed by atoms with Crippen LogP contribution in [0.25, 0.3) is 0 Å². The number of carbonyl (C=O) groups excluding carboxylic acids is 1. The molecule has 0 spiro atoms. The van der Waals surface area contributed by atoms with Crippen LogP contribution in [0.15, 0.2) is 24.4 Å². The van der Waals surface area contributed by atoms with E-state index in [1.54, 1.807) is 6.20 Å². The molecule has 128 valence electrons. The molecule has 0 unspecified atom stereocenters. The predicted octanol–water partition coefficient (Wildman–Crippen LogP) is 3.33. The first-order chi connectivity index (χ1) is 11.5. The van der Waals surface area contributed by atoms with E-state index in [-0.39, 0.29) is 17.7 Å². The summed E-state index contributed by atoms with van der Waals surface area (Å²) in [6, 6.07) is 6.15. The van der Waals surface area contributed by atoms with Crippen molar-refractivity contribution in [2.45, 2.75) is 26.8 Å². The van der Waals surface area contributed by atoms with Crippen LogP contribution in [0.5, 0.6) is 0 Å². The van der Waals surface area contributed by atoms with Gasteiger partial charge in [0.15, 0.2) is 0 Å². The molecule has 0 saturated carbocycles. The summed E-state index contributed by atoms with van der Waals surface area (Å²) >= 11 is 5.88. The van der Waals surface area contributed by atoms with Gasteiger partial charge < -0.3 is 15.4 Å². The molecule has 1 aromatic carbocycles. The number of halogens is 1. The number of methoxy groups -OCH3 is 1. The Morgan fingerprint density at radius 1 is 1.25 bits per heavy atom. The van der Waals surface area contributed by atoms with Crippen LogP contribution in [-0.4, -0.2) is 29.6 Å². The molecule has 1 aromatic heterocycles. The van der Waals surface area contributed by atoms with Gasteiger partial charge >= 0.3 is 5.97 Å². The van der Waals surface area contributed by atoms with Crippen molar-refractivity contribution in [3.63, 3.8) is 0 Å². The van der Waals surface area contributed by atoms with Crippen LogP contribution in [0.4, 0.5) is 11.5 Å². The summed E-state index contributed by atoms with van der Waals surface area (Å²) in [6.45, 7) is 5.08. The Balaban J connectivity index is 2.08. The van der Waals surface area contributed by atoms with Crippen molar-refractivity contribution in [3.8, 4) is 0 Å². The number of hydrogen-bond acceptors (Lipinski definition) is 6. The van der Waals surface area contributed by atoms with Gasteiger partial charge in [0, 0.05) is 30.5 Å². The first-order valence-electron chi connectivity index (χ1n) is 7.63. The summed E-state index contributed by atoms with van der Waals surface area (Å²) in [6.07, 6.45) is 1.93. The summed E-state index contributed by atoms with van der Waals surface area (Å²) < 4.78 is 4.62. The number of carbonyl (C=O) groups is 1. The Kier molecular flexibility index (Phi) is 6.37. The molecule has 2 rings (SSSR count). The average molecular weight is 349 g/mol. The SMILES string of the molecule is COC(=O)CCNc1nc(Cl)ncc1CNc1c(C)cccc1C. The highest BCUT2D eigenvalue weighted by atomic mass is 35.5. The van der Waals surface area contributed by atoms with Gasteiger partial charge in [-0.25, -0.2) is 9.97 Å². The number of aromatic nitrogens is 2. The van der Waals surface area contributed by atoms with Crippen molar-refractivity contribution in [2.75, 3.05) is 24.3 Å². The zero-order chi connectivity index (χ0) is 17.5. The first kappa shape index (κ1) is 18.0. The van der Waals surface area contributed by atoms with Crippen molar-refractivity contribution in [3.05, 3.63) is 46.4 Å². The minimum atomic E-state index is -0.280. The van der Waals surface area contributed by atoms with Crippen LogP contribution in [0.3, 0.4) is 0 Å². The number of esters is 1. The van der Waals surface area contributed by atoms with Gasteiger partial charge in [0.2, 0.25) is 5.28 Å². The Morgan fingerprint density at radius 3 is 2.62 bits per heavy atom. The van der Waals surface area contributed by atoms with Gasteiger partial charge in [-0.15, -0.1) is 0 Å². The first-order valence-corrected chi connectivity index (χ1v) is 8.01. The maximum Gasteiger partial charge on any atom is 0.307 e. The Morgan fingerprint density at radius 2 is 1.96 bits per heavy atom. The fraction of sp³-hybridized carbons (Fsp3) is 0.353. The fourth-order valence-corrected chi connectivity index (χ4v) is 2.46. The maximum absolute atomic E-state index is 11.2. The summed E-state index contributed by atoms with van der Waals surface area (Å²) in [7, 11) is 1.36. The standard InChI is InChI=1S/C17H21ClN4O2/c1-11-5-4-6-12(2)15(11)20-9-13-10-21-17(18)22-16(13)19-8-7-14(23)24-3/h4-6,10,20H,7-9H2,1-3H3,(H,19,21,22). The van der Waals surface area contributed by atoms with E-state index in [0.29, 0.717) is 18.9 Å². The highest BCUT2D eigenvalue weighted by Gasteiger charge is 2.09. The summed E-state index contributed by atoms with van der Waals surface area (Å²) in [4.78, 5) is 19.4. The van der Waals surface area contributed by atoms with Crippen LogP contribution >= 0.6 is 11.6 Å². The van der Waals surface area contributed by atoms with Gasteiger partial charge in [0.05, 0.1) is 13.5 Å². The number of nitrogens with zero attached hydrogens (tertiary/aromatic N) is 2. The van der Waals surface area contributed by atoms with Crippen LogP contribution in [0.2, 0.25) is 5.28 Å². The van der Waals surface area contributed by atoms with Crippen LogP contribution in [-0.2, 0) is 16.1 Å². The minimum Gasteiger partial charge on any atom is -0.469 e. The lowest BCUT2D eigenvalue weighted by Crippen LogP contribution is -2.13. The van der Waals surface area contributed by atoms with Crippen molar-refractivity contribution >= 4 is 29.1 Å². The molecule has 2 aromatic rings. The van der Waals surface area contributed by atoms with Gasteiger partial charge in [-0.1, -0.05) is 18.2 Å². The molecule has 0 bridgehead atoms. The second-order valence-electron chi connectivity index (χ2n) is 5.39. The molecule has 1 heterocycles. The van der Waals surface area contributed by atoms with Gasteiger partial charge in [-0.2, -0.15) is 0 Å². The summed E-state index contributed by atoms with van der Waals surface area (Å²) in [5, 5.41) is 6.68. The van der Waals surface area contributed by atoms with E-state index in [1.165, 1.54) is 18.2 Å². The van der Waals surface area contributed by atoms with Crippen molar-refractivity contribution < 1.29 is 9.53 Å². The largest absolute Gasteiger partial charge is 0.469 e. The quantitative estimate of drug-likeness (QED) is 0.590. The van der Waals surface area contributed by atoms with E-state index in [4.69, 9.17) is 11.6 Å². The molecule has 2 N–H and O–H groups in total. The number of para-hydroxylation sites is 1. The average Bonchev–Trinajstić information content (AvgIpc) is 2.55. The lowest BCUT2D eigenvalue weighted by atomic mass is 10.1. The smallest absolute Gasteiger partial charge is 0.307 e. The van der Waals surface area contributed by atoms with E-state index in [2.05, 4.69) is 51.3 Å². The number of rotatable bonds is 7.